The quantitative estimate of drug-likeness (QED) is 0.309. The lowest BCUT2D eigenvalue weighted by molar-refractivity contribution is -0.193. The van der Waals surface area contributed by atoms with Crippen molar-refractivity contribution in [1.29, 1.82) is 0 Å². The summed E-state index contributed by atoms with van der Waals surface area (Å²) in [6, 6.07) is 7.83. The number of imidazole rings is 1. The molecule has 6 N–H and O–H groups in total. The number of aliphatic carboxylic acids is 2. The minimum absolute atomic E-state index is 0.0154. The van der Waals surface area contributed by atoms with E-state index < -0.39 is 24.3 Å². The summed E-state index contributed by atoms with van der Waals surface area (Å²) in [5.74, 6) is -4.66. The van der Waals surface area contributed by atoms with Crippen LogP contribution < -0.4 is 11.1 Å². The van der Waals surface area contributed by atoms with Crippen molar-refractivity contribution in [2.75, 3.05) is 6.54 Å². The number of unbranched alkanes of at least 4 members (excludes halogenated alkanes) is 1. The van der Waals surface area contributed by atoms with Crippen molar-refractivity contribution in [2.24, 2.45) is 5.73 Å². The van der Waals surface area contributed by atoms with Crippen LogP contribution in [-0.4, -0.2) is 56.9 Å². The zero-order valence-corrected chi connectivity index (χ0v) is 17.1. The first kappa shape index (κ1) is 29.6. The van der Waals surface area contributed by atoms with Crippen LogP contribution in [0.15, 0.2) is 24.3 Å². The van der Waals surface area contributed by atoms with Crippen LogP contribution in [0, 0.1) is 0 Å². The van der Waals surface area contributed by atoms with Crippen LogP contribution in [0.2, 0.25) is 0 Å². The van der Waals surface area contributed by atoms with Crippen LogP contribution >= 0.6 is 0 Å². The van der Waals surface area contributed by atoms with Gasteiger partial charge in [0.1, 0.15) is 5.82 Å². The molecule has 0 saturated carbocycles. The number of nitrogens with two attached hydrogens (primary N) is 1. The van der Waals surface area contributed by atoms with Gasteiger partial charge in [0.15, 0.2) is 0 Å². The molecule has 0 spiro atoms. The number of fused-ring (bicyclic) bond motifs is 1. The molecule has 186 valence electrons. The number of nitrogens with zero attached hydrogens (tertiary/aromatic N) is 1. The SMILES string of the molecule is CC(=O)NCCCC[C@H](N)c1nc2ccccc2[nH]1.O=C(O)C(F)(F)F.O=C(O)C(F)(F)F. The van der Waals surface area contributed by atoms with Gasteiger partial charge in [0.2, 0.25) is 5.91 Å². The van der Waals surface area contributed by atoms with Crippen molar-refractivity contribution in [1.82, 2.24) is 15.3 Å². The lowest BCUT2D eigenvalue weighted by atomic mass is 10.1. The molecule has 0 saturated heterocycles. The number of halogens is 6. The van der Waals surface area contributed by atoms with Gasteiger partial charge in [-0.1, -0.05) is 12.1 Å². The summed E-state index contributed by atoms with van der Waals surface area (Å²) >= 11 is 0. The fourth-order valence-electron chi connectivity index (χ4n) is 2.04. The molecule has 0 fully saturated rings. The normalized spacial score (nSPS) is 12.0. The number of carbonyl (C=O) groups is 3. The number of hydrogen-bond donors (Lipinski definition) is 5. The Morgan fingerprint density at radius 2 is 1.52 bits per heavy atom. The third-order valence-corrected chi connectivity index (χ3v) is 3.56. The number of carboxylic acid groups (broad SMARTS) is 2. The number of alkyl halides is 6. The van der Waals surface area contributed by atoms with Crippen LogP contribution in [-0.2, 0) is 14.4 Å². The maximum Gasteiger partial charge on any atom is 0.490 e. The Morgan fingerprint density at radius 3 is 1.94 bits per heavy atom. The largest absolute Gasteiger partial charge is 0.490 e. The predicted molar refractivity (Wildman–Crippen MR) is 103 cm³/mol. The minimum atomic E-state index is -5.08. The molecule has 33 heavy (non-hydrogen) atoms. The van der Waals surface area contributed by atoms with Gasteiger partial charge in [-0.25, -0.2) is 14.6 Å². The highest BCUT2D eigenvalue weighted by molar-refractivity contribution is 5.75. The average molecular weight is 488 g/mol. The summed E-state index contributed by atoms with van der Waals surface area (Å²) in [6.45, 7) is 2.24. The Morgan fingerprint density at radius 1 is 1.03 bits per heavy atom. The van der Waals surface area contributed by atoms with E-state index in [1.807, 2.05) is 24.3 Å². The van der Waals surface area contributed by atoms with Crippen LogP contribution in [0.25, 0.3) is 11.0 Å². The van der Waals surface area contributed by atoms with Gasteiger partial charge in [-0.2, -0.15) is 26.3 Å². The number of aromatic nitrogens is 2. The van der Waals surface area contributed by atoms with Gasteiger partial charge in [0, 0.05) is 13.5 Å². The van der Waals surface area contributed by atoms with Gasteiger partial charge in [-0.05, 0) is 31.4 Å². The molecule has 1 aromatic heterocycles. The number of carbonyl (C=O) groups excluding carboxylic acids is 1. The van der Waals surface area contributed by atoms with Gasteiger partial charge in [0.05, 0.1) is 17.1 Å². The van der Waals surface area contributed by atoms with Gasteiger partial charge < -0.3 is 26.2 Å². The molecule has 0 aliphatic carbocycles. The monoisotopic (exact) mass is 488 g/mol. The second-order valence-electron chi connectivity index (χ2n) is 6.33. The number of H-pyrrole nitrogens is 1. The van der Waals surface area contributed by atoms with Crippen molar-refractivity contribution >= 4 is 28.9 Å². The molecule has 1 atom stereocenters. The highest BCUT2D eigenvalue weighted by Crippen LogP contribution is 2.18. The molecule has 0 radical (unpaired) electrons. The molecular formula is C18H22F6N4O5. The lowest BCUT2D eigenvalue weighted by Crippen LogP contribution is -2.21. The zero-order valence-electron chi connectivity index (χ0n) is 17.1. The highest BCUT2D eigenvalue weighted by atomic mass is 19.4. The van der Waals surface area contributed by atoms with Crippen molar-refractivity contribution in [3.05, 3.63) is 30.1 Å². The number of hydrogen-bond acceptors (Lipinski definition) is 5. The molecule has 2 aromatic rings. The Hall–Kier alpha value is -3.36. The lowest BCUT2D eigenvalue weighted by Gasteiger charge is -2.08. The molecule has 0 aliphatic heterocycles. The third-order valence-electron chi connectivity index (χ3n) is 3.56. The number of benzene rings is 1. The third kappa shape index (κ3) is 12.9. The smallest absolute Gasteiger partial charge is 0.475 e. The summed E-state index contributed by atoms with van der Waals surface area (Å²) in [4.78, 5) is 36.2. The second kappa shape index (κ2) is 13.2. The summed E-state index contributed by atoms with van der Waals surface area (Å²) in [5, 5.41) is 17.0. The van der Waals surface area contributed by atoms with Gasteiger partial charge in [-0.3, -0.25) is 4.79 Å². The summed E-state index contributed by atoms with van der Waals surface area (Å²) in [7, 11) is 0. The Bertz CT molecular complexity index is 857. The number of amides is 1. The standard InChI is InChI=1S/C14H20N4O.2C2HF3O2/c1-10(19)16-9-5-4-6-11(15)14-17-12-7-2-3-8-13(12)18-14;2*3-2(4,5)1(6)7/h2-3,7-8,11H,4-6,9,15H2,1H3,(H,16,19)(H,17,18);2*(H,6,7)/t11-;;/m0../s1. The van der Waals surface area contributed by atoms with E-state index in [9.17, 15) is 31.1 Å². The summed E-state index contributed by atoms with van der Waals surface area (Å²) < 4.78 is 63.5. The first-order valence-corrected chi connectivity index (χ1v) is 9.10. The first-order chi connectivity index (χ1) is 15.1. The van der Waals surface area contributed by atoms with Crippen molar-refractivity contribution in [3.8, 4) is 0 Å². The van der Waals surface area contributed by atoms with Crippen molar-refractivity contribution in [2.45, 2.75) is 44.6 Å². The van der Waals surface area contributed by atoms with E-state index in [1.54, 1.807) is 0 Å². The maximum atomic E-state index is 10.7. The molecule has 2 rings (SSSR count). The maximum absolute atomic E-state index is 10.7. The molecule has 1 amide bonds. The van der Waals surface area contributed by atoms with E-state index in [4.69, 9.17) is 25.5 Å². The summed E-state index contributed by atoms with van der Waals surface area (Å²) in [6.07, 6.45) is -7.40. The van der Waals surface area contributed by atoms with Gasteiger partial charge in [0.25, 0.3) is 0 Å². The highest BCUT2D eigenvalue weighted by Gasteiger charge is 2.38. The molecule has 15 heteroatoms. The number of carboxylic acids is 2. The van der Waals surface area contributed by atoms with Gasteiger partial charge >= 0.3 is 24.3 Å². The molecule has 1 aromatic carbocycles. The number of rotatable bonds is 6. The van der Waals surface area contributed by atoms with Crippen molar-refractivity contribution < 1.29 is 50.9 Å². The predicted octanol–water partition coefficient (Wildman–Crippen LogP) is 3.14. The molecular weight excluding hydrogens is 466 g/mol. The Kier molecular flexibility index (Phi) is 11.9. The van der Waals surface area contributed by atoms with Crippen LogP contribution in [0.3, 0.4) is 0 Å². The molecule has 0 bridgehead atoms. The van der Waals surface area contributed by atoms with Crippen LogP contribution in [0.4, 0.5) is 26.3 Å². The molecule has 1 heterocycles. The fraction of sp³-hybridized carbons (Fsp3) is 0.444. The minimum Gasteiger partial charge on any atom is -0.475 e. The molecule has 9 nitrogen and oxygen atoms in total. The Balaban J connectivity index is 0.000000605. The molecule has 0 aliphatic rings. The fourth-order valence-corrected chi connectivity index (χ4v) is 2.04. The molecule has 0 unspecified atom stereocenters. The topological polar surface area (TPSA) is 158 Å². The van der Waals surface area contributed by atoms with Gasteiger partial charge in [-0.15, -0.1) is 0 Å². The van der Waals surface area contributed by atoms with Crippen LogP contribution in [0.5, 0.6) is 0 Å². The Labute approximate surface area is 183 Å². The summed E-state index contributed by atoms with van der Waals surface area (Å²) in [5.41, 5.74) is 8.09. The number of para-hydroxylation sites is 2. The van der Waals surface area contributed by atoms with E-state index in [-0.39, 0.29) is 11.9 Å². The average Bonchev–Trinajstić information content (AvgIpc) is 3.11. The van der Waals surface area contributed by atoms with E-state index in [0.717, 1.165) is 36.1 Å². The first-order valence-electron chi connectivity index (χ1n) is 9.10. The van der Waals surface area contributed by atoms with Crippen molar-refractivity contribution in [3.63, 3.8) is 0 Å². The zero-order chi connectivity index (χ0) is 25.8. The van der Waals surface area contributed by atoms with E-state index in [0.29, 0.717) is 6.54 Å². The van der Waals surface area contributed by atoms with E-state index in [2.05, 4.69) is 15.3 Å². The van der Waals surface area contributed by atoms with Crippen LogP contribution in [0.1, 0.15) is 38.1 Å². The second-order valence-corrected chi connectivity index (χ2v) is 6.33. The number of aromatic amines is 1. The van der Waals surface area contributed by atoms with E-state index in [1.165, 1.54) is 6.92 Å². The number of nitrogens with one attached hydrogen (secondary N) is 2. The van der Waals surface area contributed by atoms with E-state index >= 15 is 0 Å².